The van der Waals surface area contributed by atoms with Crippen molar-refractivity contribution in [3.8, 4) is 0 Å². The topological polar surface area (TPSA) is 27.3 Å². The molecule has 0 aromatic heterocycles. The quantitative estimate of drug-likeness (QED) is 0.869. The highest BCUT2D eigenvalue weighted by atomic mass is 79.9. The molecule has 0 radical (unpaired) electrons. The largest absolute Gasteiger partial charge is 0.314 e. The summed E-state index contributed by atoms with van der Waals surface area (Å²) in [6.45, 7) is 8.88. The smallest absolute Gasteiger partial charge is 0.0206 e. The van der Waals surface area contributed by atoms with E-state index in [-0.39, 0.29) is 0 Å². The number of benzene rings is 1. The summed E-state index contributed by atoms with van der Waals surface area (Å²) in [5, 5.41) is 6.93. The van der Waals surface area contributed by atoms with E-state index < -0.39 is 0 Å². The second-order valence-electron chi connectivity index (χ2n) is 4.89. The third-order valence-electron chi connectivity index (χ3n) is 3.46. The van der Waals surface area contributed by atoms with Crippen molar-refractivity contribution in [3.63, 3.8) is 0 Å². The number of hydrogen-bond acceptors (Lipinski definition) is 3. The van der Waals surface area contributed by atoms with Crippen LogP contribution in [0.1, 0.15) is 12.5 Å². The normalized spacial score (nSPS) is 18.8. The molecule has 0 bridgehead atoms. The highest BCUT2D eigenvalue weighted by Crippen LogP contribution is 2.10. The molecule has 3 nitrogen and oxygen atoms in total. The summed E-state index contributed by atoms with van der Waals surface area (Å²) in [4.78, 5) is 2.55. The highest BCUT2D eigenvalue weighted by molar-refractivity contribution is 9.10. The summed E-state index contributed by atoms with van der Waals surface area (Å²) in [6, 6.07) is 9.12. The van der Waals surface area contributed by atoms with Crippen LogP contribution in [0, 0.1) is 0 Å². The van der Waals surface area contributed by atoms with E-state index in [0.29, 0.717) is 6.04 Å². The molecule has 4 heteroatoms. The van der Waals surface area contributed by atoms with Gasteiger partial charge in [0.05, 0.1) is 0 Å². The molecule has 2 N–H and O–H groups in total. The second-order valence-corrected chi connectivity index (χ2v) is 5.81. The lowest BCUT2D eigenvalue weighted by Crippen LogP contribution is -2.50. The fourth-order valence-corrected chi connectivity index (χ4v) is 2.54. The van der Waals surface area contributed by atoms with Gasteiger partial charge in [-0.05, 0) is 24.6 Å². The molecule has 0 spiro atoms. The fourth-order valence-electron chi connectivity index (χ4n) is 2.28. The van der Waals surface area contributed by atoms with Gasteiger partial charge < -0.3 is 10.6 Å². The fraction of sp³-hybridized carbons (Fsp3) is 0.571. The van der Waals surface area contributed by atoms with Gasteiger partial charge in [-0.1, -0.05) is 28.1 Å². The second kappa shape index (κ2) is 7.24. The van der Waals surface area contributed by atoms with Gasteiger partial charge in [-0.25, -0.2) is 0 Å². The molecule has 0 amide bonds. The van der Waals surface area contributed by atoms with Gasteiger partial charge in [0.15, 0.2) is 0 Å². The minimum absolute atomic E-state index is 0.613. The van der Waals surface area contributed by atoms with Gasteiger partial charge in [0.2, 0.25) is 0 Å². The van der Waals surface area contributed by atoms with E-state index in [4.69, 9.17) is 0 Å². The Balaban J connectivity index is 1.69. The first kappa shape index (κ1) is 14.0. The Morgan fingerprint density at radius 1 is 1.28 bits per heavy atom. The average molecular weight is 312 g/mol. The van der Waals surface area contributed by atoms with Crippen molar-refractivity contribution in [3.05, 3.63) is 34.3 Å². The summed E-state index contributed by atoms with van der Waals surface area (Å²) in [5.74, 6) is 0. The lowest BCUT2D eigenvalue weighted by molar-refractivity contribution is 0.181. The summed E-state index contributed by atoms with van der Waals surface area (Å²) in [6.07, 6.45) is 0. The van der Waals surface area contributed by atoms with Crippen LogP contribution in [0.3, 0.4) is 0 Å². The molecule has 1 atom stereocenters. The van der Waals surface area contributed by atoms with Gasteiger partial charge in [0.25, 0.3) is 0 Å². The van der Waals surface area contributed by atoms with Crippen molar-refractivity contribution < 1.29 is 0 Å². The minimum Gasteiger partial charge on any atom is -0.314 e. The molecular weight excluding hydrogens is 290 g/mol. The number of hydrogen-bond donors (Lipinski definition) is 2. The maximum atomic E-state index is 3.54. The Labute approximate surface area is 118 Å². The van der Waals surface area contributed by atoms with E-state index in [9.17, 15) is 0 Å². The number of nitrogens with one attached hydrogen (secondary N) is 2. The molecule has 1 fully saturated rings. The first-order chi connectivity index (χ1) is 8.75. The van der Waals surface area contributed by atoms with Crippen molar-refractivity contribution >= 4 is 15.9 Å². The zero-order chi connectivity index (χ0) is 12.8. The van der Waals surface area contributed by atoms with Crippen LogP contribution in [-0.2, 0) is 6.54 Å². The summed E-state index contributed by atoms with van der Waals surface area (Å²) >= 11 is 3.46. The SMILES string of the molecule is CC(CNCc1ccc(Br)cc1)N1CCNCC1. The molecule has 1 aliphatic rings. The van der Waals surface area contributed by atoms with Crippen LogP contribution in [0.25, 0.3) is 0 Å². The number of piperazine rings is 1. The molecule has 1 heterocycles. The standard InChI is InChI=1S/C14H22BrN3/c1-12(18-8-6-16-7-9-18)10-17-11-13-2-4-14(15)5-3-13/h2-5,12,16-17H,6-11H2,1H3. The third-order valence-corrected chi connectivity index (χ3v) is 3.99. The number of halogens is 1. The molecule has 100 valence electrons. The van der Waals surface area contributed by atoms with E-state index in [0.717, 1.165) is 30.7 Å². The molecule has 1 aromatic carbocycles. The molecule has 1 unspecified atom stereocenters. The molecular formula is C14H22BrN3. The Morgan fingerprint density at radius 3 is 2.61 bits per heavy atom. The first-order valence-electron chi connectivity index (χ1n) is 6.65. The van der Waals surface area contributed by atoms with Gasteiger partial charge in [-0.3, -0.25) is 4.90 Å². The van der Waals surface area contributed by atoms with E-state index in [1.807, 2.05) is 0 Å². The average Bonchev–Trinajstić information content (AvgIpc) is 2.42. The van der Waals surface area contributed by atoms with Gasteiger partial charge in [-0.2, -0.15) is 0 Å². The van der Waals surface area contributed by atoms with Crippen molar-refractivity contribution in [1.82, 2.24) is 15.5 Å². The summed E-state index contributed by atoms with van der Waals surface area (Å²) in [5.41, 5.74) is 1.34. The maximum absolute atomic E-state index is 3.54. The minimum atomic E-state index is 0.613. The van der Waals surface area contributed by atoms with E-state index in [2.05, 4.69) is 62.7 Å². The lowest BCUT2D eigenvalue weighted by Gasteiger charge is -2.32. The number of rotatable bonds is 5. The van der Waals surface area contributed by atoms with Crippen LogP contribution in [-0.4, -0.2) is 43.7 Å². The Morgan fingerprint density at radius 2 is 1.94 bits per heavy atom. The maximum Gasteiger partial charge on any atom is 0.0206 e. The van der Waals surface area contributed by atoms with Crippen LogP contribution >= 0.6 is 15.9 Å². The Bertz CT molecular complexity index is 347. The van der Waals surface area contributed by atoms with Gasteiger partial charge in [-0.15, -0.1) is 0 Å². The number of nitrogens with zero attached hydrogens (tertiary/aromatic N) is 1. The molecule has 0 saturated carbocycles. The summed E-state index contributed by atoms with van der Waals surface area (Å²) in [7, 11) is 0. The molecule has 1 saturated heterocycles. The predicted molar refractivity (Wildman–Crippen MR) is 79.8 cm³/mol. The van der Waals surface area contributed by atoms with Gasteiger partial charge in [0.1, 0.15) is 0 Å². The van der Waals surface area contributed by atoms with Gasteiger partial charge >= 0.3 is 0 Å². The van der Waals surface area contributed by atoms with Crippen LogP contribution in [0.15, 0.2) is 28.7 Å². The van der Waals surface area contributed by atoms with Gasteiger partial charge in [0, 0.05) is 49.8 Å². The van der Waals surface area contributed by atoms with E-state index in [1.165, 1.54) is 18.7 Å². The van der Waals surface area contributed by atoms with Crippen molar-refractivity contribution in [2.45, 2.75) is 19.5 Å². The molecule has 2 rings (SSSR count). The molecule has 1 aliphatic heterocycles. The predicted octanol–water partition coefficient (Wildman–Crippen LogP) is 1.83. The van der Waals surface area contributed by atoms with Crippen LogP contribution < -0.4 is 10.6 Å². The Kier molecular flexibility index (Phi) is 5.63. The van der Waals surface area contributed by atoms with Crippen molar-refractivity contribution in [2.75, 3.05) is 32.7 Å². The summed E-state index contributed by atoms with van der Waals surface area (Å²) < 4.78 is 1.14. The molecule has 1 aromatic rings. The van der Waals surface area contributed by atoms with E-state index in [1.54, 1.807) is 0 Å². The zero-order valence-electron chi connectivity index (χ0n) is 11.0. The van der Waals surface area contributed by atoms with E-state index >= 15 is 0 Å². The first-order valence-corrected chi connectivity index (χ1v) is 7.45. The highest BCUT2D eigenvalue weighted by Gasteiger charge is 2.15. The van der Waals surface area contributed by atoms with Crippen LogP contribution in [0.2, 0.25) is 0 Å². The van der Waals surface area contributed by atoms with Crippen LogP contribution in [0.4, 0.5) is 0 Å². The van der Waals surface area contributed by atoms with Crippen LogP contribution in [0.5, 0.6) is 0 Å². The van der Waals surface area contributed by atoms with Crippen molar-refractivity contribution in [1.29, 1.82) is 0 Å². The molecule has 0 aliphatic carbocycles. The molecule has 18 heavy (non-hydrogen) atoms. The monoisotopic (exact) mass is 311 g/mol. The van der Waals surface area contributed by atoms with Crippen molar-refractivity contribution in [2.24, 2.45) is 0 Å². The lowest BCUT2D eigenvalue weighted by atomic mass is 10.2. The third kappa shape index (κ3) is 4.35. The Hall–Kier alpha value is -0.420. The zero-order valence-corrected chi connectivity index (χ0v) is 12.5.